The van der Waals surface area contributed by atoms with Crippen molar-refractivity contribution < 1.29 is 63.3 Å². The van der Waals surface area contributed by atoms with Crippen LogP contribution >= 0.6 is 0 Å². The highest BCUT2D eigenvalue weighted by Crippen LogP contribution is 2.37. The van der Waals surface area contributed by atoms with Gasteiger partial charge in [0.25, 0.3) is 11.7 Å². The van der Waals surface area contributed by atoms with Gasteiger partial charge in [-0.15, -0.1) is 0 Å². The predicted octanol–water partition coefficient (Wildman–Crippen LogP) is 5.53. The van der Waals surface area contributed by atoms with E-state index in [1.807, 2.05) is 58.1 Å². The number of fused-ring (bicyclic) bond motifs is 3. The lowest BCUT2D eigenvalue weighted by Crippen LogP contribution is -2.61. The Kier molecular flexibility index (Phi) is 20.3. The van der Waals surface area contributed by atoms with E-state index in [9.17, 15) is 44.4 Å². The molecule has 14 nitrogen and oxygen atoms in total. The molecule has 0 aromatic heterocycles. The first-order valence-corrected chi connectivity index (χ1v) is 23.5. The summed E-state index contributed by atoms with van der Waals surface area (Å²) in [7, 11) is 2.94. The molecule has 1 saturated carbocycles. The summed E-state index contributed by atoms with van der Waals surface area (Å²) >= 11 is 0. The van der Waals surface area contributed by atoms with E-state index in [-0.39, 0.29) is 48.4 Å². The smallest absolute Gasteiger partial charge is 0.329 e. The summed E-state index contributed by atoms with van der Waals surface area (Å²) in [4.78, 5) is 71.5. The first-order chi connectivity index (χ1) is 30.2. The maximum absolute atomic E-state index is 14.3. The highest BCUT2D eigenvalue weighted by molar-refractivity contribution is 6.39. The van der Waals surface area contributed by atoms with Crippen molar-refractivity contribution in [2.75, 3.05) is 20.8 Å². The Morgan fingerprint density at radius 3 is 2.25 bits per heavy atom. The van der Waals surface area contributed by atoms with E-state index < -0.39 is 95.9 Å². The Morgan fingerprint density at radius 2 is 1.58 bits per heavy atom. The first kappa shape index (κ1) is 53.2. The van der Waals surface area contributed by atoms with E-state index in [4.69, 9.17) is 18.9 Å². The van der Waals surface area contributed by atoms with Gasteiger partial charge < -0.3 is 44.3 Å². The van der Waals surface area contributed by atoms with E-state index in [2.05, 4.69) is 0 Å². The van der Waals surface area contributed by atoms with Gasteiger partial charge >= 0.3 is 5.97 Å². The number of aliphatic hydroxyl groups is 4. The summed E-state index contributed by atoms with van der Waals surface area (Å²) in [5, 5.41) is 43.9. The molecule has 3 aliphatic heterocycles. The van der Waals surface area contributed by atoms with Gasteiger partial charge in [-0.3, -0.25) is 19.2 Å². The van der Waals surface area contributed by atoms with Gasteiger partial charge in [-0.2, -0.15) is 0 Å². The number of carbonyl (C=O) groups is 5. The number of nitrogens with zero attached hydrogens (tertiary/aromatic N) is 1. The van der Waals surface area contributed by atoms with E-state index in [1.54, 1.807) is 34.0 Å². The van der Waals surface area contributed by atoms with E-state index in [0.717, 1.165) is 5.57 Å². The number of ketones is 3. The standard InChI is InChI=1S/C50H77NO13/c1-29-15-11-10-12-16-30(2)42(61-8)27-37-20-18-35(7)50(60,64-37)47(57)48(58)51-22-14-13-17-38(51)49(59)63-43(32(4)25-36-19-21-39(52)41(54)26-36)28-40(53)31(3)24-34(6)45(56)46(62-9)44(55)33(5)23-29/h10-12,15-16,24,29,32-39,41-43,45-46,52,54,56,60H,13-14,17-23,25-28H2,1-9H3/t29-,32-,33-,34?,35-,36+,37+,38+,39-,41-,42+,43+,45-,46+,50-/m1/s1. The average Bonchev–Trinajstić information content (AvgIpc) is 3.26. The van der Waals surface area contributed by atoms with Crippen LogP contribution in [-0.2, 0) is 42.9 Å². The molecule has 64 heavy (non-hydrogen) atoms. The average molecular weight is 900 g/mol. The molecule has 2 saturated heterocycles. The molecule has 1 aliphatic carbocycles. The van der Waals surface area contributed by atoms with Crippen LogP contribution in [0.1, 0.15) is 126 Å². The van der Waals surface area contributed by atoms with Gasteiger partial charge in [0.1, 0.15) is 18.2 Å². The molecule has 1 unspecified atom stereocenters. The molecule has 0 radical (unpaired) electrons. The Hall–Kier alpha value is -3.37. The van der Waals surface area contributed by atoms with Crippen molar-refractivity contribution in [3.05, 3.63) is 47.6 Å². The Labute approximate surface area is 380 Å². The lowest BCUT2D eigenvalue weighted by atomic mass is 9.78. The van der Waals surface area contributed by atoms with Crippen LogP contribution in [0.3, 0.4) is 0 Å². The van der Waals surface area contributed by atoms with Gasteiger partial charge in [0, 0.05) is 51.4 Å². The fourth-order valence-electron chi connectivity index (χ4n) is 9.90. The van der Waals surface area contributed by atoms with Crippen LogP contribution in [0.25, 0.3) is 0 Å². The summed E-state index contributed by atoms with van der Waals surface area (Å²) in [6.07, 6.45) is 9.65. The number of Topliss-reactive ketones (excluding diaryl/α,β-unsaturated/α-hetero) is 3. The molecule has 360 valence electrons. The Bertz CT molecular complexity index is 1740. The largest absolute Gasteiger partial charge is 0.460 e. The second-order valence-corrected chi connectivity index (χ2v) is 19.4. The minimum atomic E-state index is -2.44. The number of esters is 1. The number of hydrogen-bond donors (Lipinski definition) is 4. The molecular weight excluding hydrogens is 823 g/mol. The second kappa shape index (κ2) is 24.4. The molecule has 4 rings (SSSR count). The quantitative estimate of drug-likeness (QED) is 0.198. The fourth-order valence-corrected chi connectivity index (χ4v) is 9.90. The number of ether oxygens (including phenoxy) is 4. The van der Waals surface area contributed by atoms with Crippen molar-refractivity contribution >= 4 is 29.2 Å². The number of cyclic esters (lactones) is 1. The lowest BCUT2D eigenvalue weighted by molar-refractivity contribution is -0.265. The first-order valence-electron chi connectivity index (χ1n) is 23.5. The third kappa shape index (κ3) is 13.8. The molecule has 0 aromatic carbocycles. The molecule has 15 atom stereocenters. The summed E-state index contributed by atoms with van der Waals surface area (Å²) in [6.45, 7) is 12.6. The van der Waals surface area contributed by atoms with Gasteiger partial charge in [-0.1, -0.05) is 71.1 Å². The van der Waals surface area contributed by atoms with E-state index in [0.29, 0.717) is 64.2 Å². The van der Waals surface area contributed by atoms with Crippen molar-refractivity contribution in [2.45, 2.75) is 180 Å². The van der Waals surface area contributed by atoms with Gasteiger partial charge in [-0.25, -0.2) is 4.79 Å². The summed E-state index contributed by atoms with van der Waals surface area (Å²) in [5.74, 6) is -8.26. The number of amides is 1. The van der Waals surface area contributed by atoms with Crippen molar-refractivity contribution in [1.29, 1.82) is 0 Å². The number of aliphatic hydroxyl groups excluding tert-OH is 3. The molecule has 14 heteroatoms. The van der Waals surface area contributed by atoms with Crippen LogP contribution < -0.4 is 0 Å². The number of carbonyl (C=O) groups excluding carboxylic acids is 5. The molecule has 0 spiro atoms. The summed E-state index contributed by atoms with van der Waals surface area (Å²) < 4.78 is 23.7. The van der Waals surface area contributed by atoms with Crippen molar-refractivity contribution in [3.63, 3.8) is 0 Å². The summed E-state index contributed by atoms with van der Waals surface area (Å²) in [6, 6.07) is -1.16. The number of rotatable bonds is 5. The molecule has 3 heterocycles. The van der Waals surface area contributed by atoms with Crippen LogP contribution in [0.2, 0.25) is 0 Å². The number of hydrogen-bond acceptors (Lipinski definition) is 13. The normalized spacial score (nSPS) is 38.2. The highest BCUT2D eigenvalue weighted by Gasteiger charge is 2.53. The minimum Gasteiger partial charge on any atom is -0.460 e. The number of allylic oxidation sites excluding steroid dienone is 6. The third-order valence-electron chi connectivity index (χ3n) is 14.2. The fraction of sp³-hybridized carbons (Fsp3) is 0.740. The zero-order chi connectivity index (χ0) is 47.5. The third-order valence-corrected chi connectivity index (χ3v) is 14.2. The molecule has 0 aromatic rings. The molecule has 4 N–H and O–H groups in total. The van der Waals surface area contributed by atoms with Crippen LogP contribution in [0.5, 0.6) is 0 Å². The van der Waals surface area contributed by atoms with Crippen molar-refractivity contribution in [1.82, 2.24) is 4.90 Å². The predicted molar refractivity (Wildman–Crippen MR) is 240 cm³/mol. The zero-order valence-corrected chi connectivity index (χ0v) is 39.6. The Balaban J connectivity index is 1.70. The highest BCUT2D eigenvalue weighted by atomic mass is 16.6. The van der Waals surface area contributed by atoms with Crippen LogP contribution in [0.4, 0.5) is 0 Å². The van der Waals surface area contributed by atoms with Gasteiger partial charge in [0.2, 0.25) is 5.79 Å². The number of piperidine rings is 1. The number of methoxy groups -OCH3 is 2. The maximum atomic E-state index is 14.3. The van der Waals surface area contributed by atoms with Gasteiger partial charge in [0.15, 0.2) is 11.6 Å². The van der Waals surface area contributed by atoms with Gasteiger partial charge in [0.05, 0.1) is 30.5 Å². The van der Waals surface area contributed by atoms with Crippen LogP contribution in [0.15, 0.2) is 47.6 Å². The monoisotopic (exact) mass is 900 g/mol. The molecule has 2 bridgehead atoms. The zero-order valence-electron chi connectivity index (χ0n) is 39.6. The maximum Gasteiger partial charge on any atom is 0.329 e. The second-order valence-electron chi connectivity index (χ2n) is 19.4. The molecular formula is C50H77NO13. The van der Waals surface area contributed by atoms with Crippen LogP contribution in [-0.4, -0.2) is 130 Å². The topological polar surface area (TPSA) is 206 Å². The molecule has 1 amide bonds. The van der Waals surface area contributed by atoms with Crippen molar-refractivity contribution in [2.24, 2.45) is 35.5 Å². The van der Waals surface area contributed by atoms with Crippen molar-refractivity contribution in [3.8, 4) is 0 Å². The Morgan fingerprint density at radius 1 is 0.859 bits per heavy atom. The summed E-state index contributed by atoms with van der Waals surface area (Å²) in [5.41, 5.74) is 1.16. The molecule has 3 fully saturated rings. The van der Waals surface area contributed by atoms with Crippen LogP contribution in [0, 0.1) is 35.5 Å². The van der Waals surface area contributed by atoms with Gasteiger partial charge in [-0.05, 0) is 107 Å². The van der Waals surface area contributed by atoms with E-state index >= 15 is 0 Å². The molecule has 4 aliphatic rings. The minimum absolute atomic E-state index is 0.0161. The lowest BCUT2D eigenvalue weighted by Gasteiger charge is -2.42. The SMILES string of the molecule is CO[C@H]1C[C@@H]2CC[C@@H](C)[C@@](O)(O2)C(=O)C(=O)N2CCCC[C@H]2C(=O)O[C@H]([C@H](C)C[C@@H]2CC[C@@H](O)[C@H](O)C2)CC(=O)C(C)=CC(C)[C@@H](O)[C@@H](OC)C(=O)[C@H](C)C[C@H](C)C=CC=CC=C1C. The van der Waals surface area contributed by atoms with E-state index in [1.165, 1.54) is 12.0 Å².